The van der Waals surface area contributed by atoms with Gasteiger partial charge >= 0.3 is 6.09 Å². The van der Waals surface area contributed by atoms with Crippen LogP contribution in [0.5, 0.6) is 17.2 Å². The summed E-state index contributed by atoms with van der Waals surface area (Å²) in [6.45, 7) is 0.646. The van der Waals surface area contributed by atoms with Gasteiger partial charge in [-0.2, -0.15) is 0 Å². The molecule has 0 fully saturated rings. The highest BCUT2D eigenvalue weighted by atomic mass is 16.6. The Kier molecular flexibility index (Phi) is 11.6. The molecule has 0 aliphatic heterocycles. The fourth-order valence-corrected chi connectivity index (χ4v) is 3.87. The number of hydrogen-bond donors (Lipinski definition) is 1. The minimum absolute atomic E-state index is 0.410. The number of carbonyl (C=O) groups excluding carboxylic acids is 1. The van der Waals surface area contributed by atoms with E-state index in [4.69, 9.17) is 9.47 Å². The van der Waals surface area contributed by atoms with Gasteiger partial charge in [-0.05, 0) is 61.2 Å². The summed E-state index contributed by atoms with van der Waals surface area (Å²) in [4.78, 5) is 12.0. The van der Waals surface area contributed by atoms with Crippen LogP contribution in [0.25, 0.3) is 0 Å². The van der Waals surface area contributed by atoms with Gasteiger partial charge in [0.15, 0.2) is 0 Å². The number of nitrogens with one attached hydrogen (secondary N) is 1. The molecule has 0 spiro atoms. The zero-order chi connectivity index (χ0) is 23.7. The predicted molar refractivity (Wildman–Crippen MR) is 139 cm³/mol. The Labute approximate surface area is 204 Å². The lowest BCUT2D eigenvalue weighted by Gasteiger charge is -2.08. The summed E-state index contributed by atoms with van der Waals surface area (Å²) in [6.07, 6.45) is 12.0. The molecule has 0 aromatic heterocycles. The average molecular weight is 460 g/mol. The van der Waals surface area contributed by atoms with E-state index in [1.165, 1.54) is 56.9 Å². The molecule has 0 bridgehead atoms. The molecular formula is C30H37NO3. The van der Waals surface area contributed by atoms with Crippen LogP contribution in [-0.4, -0.2) is 12.6 Å². The van der Waals surface area contributed by atoms with Gasteiger partial charge < -0.3 is 14.8 Å². The van der Waals surface area contributed by atoms with E-state index in [1.807, 2.05) is 30.3 Å². The first-order valence-corrected chi connectivity index (χ1v) is 12.6. The molecule has 3 aromatic carbocycles. The number of unbranched alkanes of at least 4 members (excludes halogenated alkanes) is 8. The van der Waals surface area contributed by atoms with E-state index in [2.05, 4.69) is 35.6 Å². The molecule has 0 heterocycles. The van der Waals surface area contributed by atoms with Crippen LogP contribution in [0.2, 0.25) is 0 Å². The van der Waals surface area contributed by atoms with Gasteiger partial charge in [0.05, 0.1) is 0 Å². The van der Waals surface area contributed by atoms with E-state index >= 15 is 0 Å². The van der Waals surface area contributed by atoms with Crippen molar-refractivity contribution in [2.24, 2.45) is 0 Å². The van der Waals surface area contributed by atoms with Gasteiger partial charge in [0.2, 0.25) is 0 Å². The second kappa shape index (κ2) is 15.5. The Hall–Kier alpha value is -3.27. The topological polar surface area (TPSA) is 47.6 Å². The number of carbonyl (C=O) groups is 1. The maximum Gasteiger partial charge on any atom is 0.412 e. The van der Waals surface area contributed by atoms with Crippen molar-refractivity contribution in [3.05, 3.63) is 90.5 Å². The molecule has 0 aliphatic rings. The van der Waals surface area contributed by atoms with Gasteiger partial charge in [-0.25, -0.2) is 4.79 Å². The molecule has 0 saturated heterocycles. The number of amides is 1. The molecule has 1 N–H and O–H groups in total. The van der Waals surface area contributed by atoms with Crippen molar-refractivity contribution in [3.8, 4) is 17.2 Å². The molecule has 0 saturated carbocycles. The predicted octanol–water partition coefficient (Wildman–Crippen LogP) is 8.32. The van der Waals surface area contributed by atoms with E-state index in [0.717, 1.165) is 18.6 Å². The molecule has 34 heavy (non-hydrogen) atoms. The highest BCUT2D eigenvalue weighted by molar-refractivity contribution is 5.70. The zero-order valence-electron chi connectivity index (χ0n) is 20.1. The van der Waals surface area contributed by atoms with Crippen LogP contribution >= 0.6 is 0 Å². The van der Waals surface area contributed by atoms with E-state index in [0.29, 0.717) is 18.0 Å². The summed E-state index contributed by atoms with van der Waals surface area (Å²) in [7, 11) is 0. The summed E-state index contributed by atoms with van der Waals surface area (Å²) in [5.41, 5.74) is 1.45. The molecule has 4 heteroatoms. The van der Waals surface area contributed by atoms with Crippen LogP contribution in [0.4, 0.5) is 4.79 Å². The molecule has 4 nitrogen and oxygen atoms in total. The third kappa shape index (κ3) is 10.6. The highest BCUT2D eigenvalue weighted by Gasteiger charge is 2.04. The van der Waals surface area contributed by atoms with E-state index in [9.17, 15) is 4.79 Å². The molecule has 3 aromatic rings. The fraction of sp³-hybridized carbons (Fsp3) is 0.367. The normalized spacial score (nSPS) is 10.6. The minimum Gasteiger partial charge on any atom is -0.457 e. The number of hydrogen-bond acceptors (Lipinski definition) is 3. The van der Waals surface area contributed by atoms with E-state index in [1.54, 1.807) is 24.3 Å². The first kappa shape index (κ1) is 25.4. The van der Waals surface area contributed by atoms with Gasteiger partial charge in [-0.3, -0.25) is 0 Å². The molecule has 3 rings (SSSR count). The third-order valence-electron chi connectivity index (χ3n) is 5.77. The Balaban J connectivity index is 1.14. The van der Waals surface area contributed by atoms with Crippen LogP contribution in [0, 0.1) is 0 Å². The van der Waals surface area contributed by atoms with Gasteiger partial charge in [0.1, 0.15) is 17.2 Å². The minimum atomic E-state index is -0.410. The maximum absolute atomic E-state index is 12.0. The van der Waals surface area contributed by atoms with Crippen molar-refractivity contribution in [2.45, 2.75) is 64.2 Å². The summed E-state index contributed by atoms with van der Waals surface area (Å²) in [6, 6.07) is 27.4. The molecule has 0 atom stereocenters. The largest absolute Gasteiger partial charge is 0.457 e. The Morgan fingerprint density at radius 3 is 1.71 bits per heavy atom. The number of para-hydroxylation sites is 1. The Morgan fingerprint density at radius 1 is 0.559 bits per heavy atom. The summed E-state index contributed by atoms with van der Waals surface area (Å²) >= 11 is 0. The van der Waals surface area contributed by atoms with Crippen LogP contribution < -0.4 is 14.8 Å². The molecular weight excluding hydrogens is 422 g/mol. The fourth-order valence-electron chi connectivity index (χ4n) is 3.87. The highest BCUT2D eigenvalue weighted by Crippen LogP contribution is 2.23. The molecule has 180 valence electrons. The molecule has 0 unspecified atom stereocenters. The average Bonchev–Trinajstić information content (AvgIpc) is 2.87. The quantitative estimate of drug-likeness (QED) is 0.232. The number of ether oxygens (including phenoxy) is 2. The van der Waals surface area contributed by atoms with Gasteiger partial charge in [-0.1, -0.05) is 93.5 Å². The Morgan fingerprint density at radius 2 is 1.06 bits per heavy atom. The SMILES string of the molecule is O=C(NCCCCCCCCCCCc1ccccc1)Oc1ccc(Oc2ccccc2)cc1. The van der Waals surface area contributed by atoms with Crippen molar-refractivity contribution in [1.29, 1.82) is 0 Å². The summed E-state index contributed by atoms with van der Waals surface area (Å²) in [5.74, 6) is 1.97. The van der Waals surface area contributed by atoms with Crippen LogP contribution in [0.1, 0.15) is 63.4 Å². The van der Waals surface area contributed by atoms with E-state index in [-0.39, 0.29) is 0 Å². The maximum atomic E-state index is 12.0. The second-order valence-electron chi connectivity index (χ2n) is 8.62. The van der Waals surface area contributed by atoms with Crippen LogP contribution in [0.3, 0.4) is 0 Å². The van der Waals surface area contributed by atoms with Crippen molar-refractivity contribution in [1.82, 2.24) is 5.32 Å². The Bertz CT molecular complexity index is 926. The lowest BCUT2D eigenvalue weighted by atomic mass is 10.0. The number of aryl methyl sites for hydroxylation is 1. The lowest BCUT2D eigenvalue weighted by Crippen LogP contribution is -2.27. The van der Waals surface area contributed by atoms with Gasteiger partial charge in [-0.15, -0.1) is 0 Å². The van der Waals surface area contributed by atoms with Crippen LogP contribution in [0.15, 0.2) is 84.9 Å². The smallest absolute Gasteiger partial charge is 0.412 e. The van der Waals surface area contributed by atoms with Gasteiger partial charge in [0, 0.05) is 6.54 Å². The third-order valence-corrected chi connectivity index (χ3v) is 5.77. The standard InChI is InChI=1S/C30H37NO3/c32-30(34-29-23-21-28(22-24-29)33-27-19-13-9-14-20-27)31-25-15-7-5-3-1-2-4-6-10-16-26-17-11-8-12-18-26/h8-9,11-14,17-24H,1-7,10,15-16,25H2,(H,31,32). The molecule has 0 aliphatic carbocycles. The zero-order valence-corrected chi connectivity index (χ0v) is 20.1. The molecule has 1 amide bonds. The summed E-state index contributed by atoms with van der Waals surface area (Å²) in [5, 5.41) is 2.83. The number of benzene rings is 3. The number of rotatable bonds is 15. The second-order valence-corrected chi connectivity index (χ2v) is 8.62. The lowest BCUT2D eigenvalue weighted by molar-refractivity contribution is 0.200. The van der Waals surface area contributed by atoms with E-state index < -0.39 is 6.09 Å². The van der Waals surface area contributed by atoms with Crippen LogP contribution in [-0.2, 0) is 6.42 Å². The monoisotopic (exact) mass is 459 g/mol. The van der Waals surface area contributed by atoms with Crippen molar-refractivity contribution < 1.29 is 14.3 Å². The van der Waals surface area contributed by atoms with Gasteiger partial charge in [0.25, 0.3) is 0 Å². The first-order valence-electron chi connectivity index (χ1n) is 12.6. The first-order chi connectivity index (χ1) is 16.8. The summed E-state index contributed by atoms with van der Waals surface area (Å²) < 4.78 is 11.1. The van der Waals surface area contributed by atoms with Crippen molar-refractivity contribution in [3.63, 3.8) is 0 Å². The molecule has 0 radical (unpaired) electrons. The van der Waals surface area contributed by atoms with Crippen molar-refractivity contribution >= 4 is 6.09 Å². The van der Waals surface area contributed by atoms with Crippen molar-refractivity contribution in [2.75, 3.05) is 6.54 Å².